The van der Waals surface area contributed by atoms with Crippen molar-refractivity contribution < 1.29 is 8.42 Å². The Labute approximate surface area is 145 Å². The first kappa shape index (κ1) is 15.7. The second-order valence-electron chi connectivity index (χ2n) is 5.43. The van der Waals surface area contributed by atoms with E-state index in [0.717, 1.165) is 5.39 Å². The Morgan fingerprint density at radius 3 is 2.56 bits per heavy atom. The van der Waals surface area contributed by atoms with E-state index < -0.39 is 21.1 Å². The Morgan fingerprint density at radius 1 is 0.960 bits per heavy atom. The third-order valence-corrected chi connectivity index (χ3v) is 6.04. The summed E-state index contributed by atoms with van der Waals surface area (Å²) in [4.78, 5) is 30.8. The van der Waals surface area contributed by atoms with Gasteiger partial charge in [-0.15, -0.1) is 0 Å². The second-order valence-corrected chi connectivity index (χ2v) is 7.76. The first-order valence-corrected chi connectivity index (χ1v) is 9.01. The average molecular weight is 376 g/mol. The van der Waals surface area contributed by atoms with Gasteiger partial charge in [-0.2, -0.15) is 0 Å². The number of rotatable bonds is 2. The van der Waals surface area contributed by atoms with Gasteiger partial charge in [-0.05, 0) is 35.7 Å². The number of halogens is 1. The predicted molar refractivity (Wildman–Crippen MR) is 93.9 cm³/mol. The number of sulfone groups is 1. The van der Waals surface area contributed by atoms with Crippen LogP contribution in [0.3, 0.4) is 0 Å². The van der Waals surface area contributed by atoms with Crippen LogP contribution in [-0.2, 0) is 9.84 Å². The van der Waals surface area contributed by atoms with Crippen LogP contribution in [0.25, 0.3) is 21.8 Å². The second kappa shape index (κ2) is 5.33. The minimum Gasteiger partial charge on any atom is -0.361 e. The van der Waals surface area contributed by atoms with E-state index in [0.29, 0.717) is 5.52 Å². The molecule has 0 bridgehead atoms. The van der Waals surface area contributed by atoms with Crippen molar-refractivity contribution in [1.29, 1.82) is 0 Å². The molecule has 2 aromatic carbocycles. The van der Waals surface area contributed by atoms with Crippen molar-refractivity contribution >= 4 is 43.2 Å². The quantitative estimate of drug-likeness (QED) is 0.498. The first-order valence-electron chi connectivity index (χ1n) is 7.15. The van der Waals surface area contributed by atoms with Gasteiger partial charge in [0.15, 0.2) is 0 Å². The molecule has 25 heavy (non-hydrogen) atoms. The molecule has 0 saturated carbocycles. The summed E-state index contributed by atoms with van der Waals surface area (Å²) in [5.41, 5.74) is -1.02. The summed E-state index contributed by atoms with van der Waals surface area (Å²) in [6.07, 6.45) is 1.70. The Kier molecular flexibility index (Phi) is 3.34. The third kappa shape index (κ3) is 2.38. The molecule has 0 amide bonds. The van der Waals surface area contributed by atoms with Crippen LogP contribution in [-0.4, -0.2) is 23.4 Å². The minimum atomic E-state index is -3.99. The molecule has 7 nitrogen and oxygen atoms in total. The molecular formula is C16H10ClN3O4S. The van der Waals surface area contributed by atoms with Gasteiger partial charge in [0.2, 0.25) is 9.84 Å². The van der Waals surface area contributed by atoms with Crippen LogP contribution in [0.5, 0.6) is 0 Å². The Balaban J connectivity index is 2.07. The Morgan fingerprint density at radius 2 is 1.76 bits per heavy atom. The predicted octanol–water partition coefficient (Wildman–Crippen LogP) is 2.18. The van der Waals surface area contributed by atoms with E-state index in [2.05, 4.69) is 9.97 Å². The highest BCUT2D eigenvalue weighted by Crippen LogP contribution is 2.30. The number of benzene rings is 2. The van der Waals surface area contributed by atoms with Crippen molar-refractivity contribution in [3.63, 3.8) is 0 Å². The van der Waals surface area contributed by atoms with E-state index in [4.69, 9.17) is 11.6 Å². The molecule has 0 radical (unpaired) electrons. The number of hydrogen-bond acceptors (Lipinski definition) is 4. The van der Waals surface area contributed by atoms with Crippen molar-refractivity contribution in [3.05, 3.63) is 68.5 Å². The van der Waals surface area contributed by atoms with Crippen LogP contribution >= 0.6 is 11.6 Å². The molecule has 0 saturated heterocycles. The van der Waals surface area contributed by atoms with E-state index >= 15 is 0 Å². The molecule has 0 spiro atoms. The van der Waals surface area contributed by atoms with Crippen LogP contribution in [0.2, 0.25) is 5.02 Å². The molecule has 9 heteroatoms. The molecule has 0 fully saturated rings. The molecule has 0 unspecified atom stereocenters. The summed E-state index contributed by atoms with van der Waals surface area (Å²) in [5, 5.41) is 0.833. The van der Waals surface area contributed by atoms with Crippen molar-refractivity contribution in [2.75, 3.05) is 0 Å². The van der Waals surface area contributed by atoms with Gasteiger partial charge in [0.05, 0.1) is 25.7 Å². The lowest BCUT2D eigenvalue weighted by Crippen LogP contribution is -2.23. The van der Waals surface area contributed by atoms with Crippen molar-refractivity contribution in [2.24, 2.45) is 0 Å². The summed E-state index contributed by atoms with van der Waals surface area (Å²) >= 11 is 6.00. The standard InChI is InChI=1S/C16H10ClN3O4S/c17-10-3-4-12(14-13(10)15(21)20-16(22)19-14)25(23,24)9-2-1-8-5-6-18-11(8)7-9/h1-7,18H,(H2,19,20,21,22). The molecule has 2 heterocycles. The van der Waals surface area contributed by atoms with Gasteiger partial charge in [-0.25, -0.2) is 13.2 Å². The van der Waals surface area contributed by atoms with Crippen LogP contribution in [0.1, 0.15) is 0 Å². The average Bonchev–Trinajstić information content (AvgIpc) is 3.01. The SMILES string of the molecule is O=c1[nH]c(=O)c2c(Cl)ccc(S(=O)(=O)c3ccc4cc[nH]c4c3)c2[nH]1. The Hall–Kier alpha value is -2.84. The summed E-state index contributed by atoms with van der Waals surface area (Å²) in [6.45, 7) is 0. The third-order valence-electron chi connectivity index (χ3n) is 3.94. The van der Waals surface area contributed by atoms with Gasteiger partial charge >= 0.3 is 5.69 Å². The lowest BCUT2D eigenvalue weighted by Gasteiger charge is -2.09. The monoisotopic (exact) mass is 375 g/mol. The van der Waals surface area contributed by atoms with Gasteiger partial charge in [0, 0.05) is 11.7 Å². The van der Waals surface area contributed by atoms with Gasteiger partial charge in [-0.1, -0.05) is 17.7 Å². The zero-order valence-electron chi connectivity index (χ0n) is 12.5. The molecule has 0 atom stereocenters. The highest BCUT2D eigenvalue weighted by molar-refractivity contribution is 7.91. The number of hydrogen-bond donors (Lipinski definition) is 3. The molecule has 4 aromatic rings. The van der Waals surface area contributed by atoms with Gasteiger partial charge < -0.3 is 9.97 Å². The number of fused-ring (bicyclic) bond motifs is 2. The van der Waals surface area contributed by atoms with Gasteiger partial charge in [0.25, 0.3) is 5.56 Å². The molecular weight excluding hydrogens is 366 g/mol. The lowest BCUT2D eigenvalue weighted by atomic mass is 10.2. The molecule has 0 aliphatic heterocycles. The van der Waals surface area contributed by atoms with E-state index in [1.165, 1.54) is 24.3 Å². The molecule has 2 aromatic heterocycles. The zero-order chi connectivity index (χ0) is 17.8. The van der Waals surface area contributed by atoms with Gasteiger partial charge in [0.1, 0.15) is 0 Å². The molecule has 126 valence electrons. The van der Waals surface area contributed by atoms with Crippen LogP contribution in [0.15, 0.2) is 62.0 Å². The van der Waals surface area contributed by atoms with Crippen LogP contribution in [0, 0.1) is 0 Å². The maximum absolute atomic E-state index is 13.1. The first-order chi connectivity index (χ1) is 11.9. The fraction of sp³-hybridized carbons (Fsp3) is 0. The number of H-pyrrole nitrogens is 3. The lowest BCUT2D eigenvalue weighted by molar-refractivity contribution is 0.597. The summed E-state index contributed by atoms with van der Waals surface area (Å²) in [7, 11) is -3.99. The number of nitrogens with one attached hydrogen (secondary N) is 3. The van der Waals surface area contributed by atoms with Crippen molar-refractivity contribution in [3.8, 4) is 0 Å². The van der Waals surface area contributed by atoms with Crippen molar-refractivity contribution in [2.45, 2.75) is 9.79 Å². The fourth-order valence-corrected chi connectivity index (χ4v) is 4.45. The molecule has 0 aliphatic carbocycles. The topological polar surface area (TPSA) is 116 Å². The van der Waals surface area contributed by atoms with E-state index in [9.17, 15) is 18.0 Å². The summed E-state index contributed by atoms with van der Waals surface area (Å²) in [6, 6.07) is 9.05. The van der Waals surface area contributed by atoms with E-state index in [1.54, 1.807) is 12.3 Å². The number of aromatic nitrogens is 3. The molecule has 3 N–H and O–H groups in total. The minimum absolute atomic E-state index is 0.0344. The summed E-state index contributed by atoms with van der Waals surface area (Å²) < 4.78 is 26.1. The Bertz CT molecular complexity index is 1370. The summed E-state index contributed by atoms with van der Waals surface area (Å²) in [5.74, 6) is 0. The fourth-order valence-electron chi connectivity index (χ4n) is 2.76. The number of aromatic amines is 3. The smallest absolute Gasteiger partial charge is 0.326 e. The van der Waals surface area contributed by atoms with Crippen LogP contribution < -0.4 is 11.2 Å². The molecule has 0 aliphatic rings. The van der Waals surface area contributed by atoms with Crippen molar-refractivity contribution in [1.82, 2.24) is 15.0 Å². The zero-order valence-corrected chi connectivity index (χ0v) is 14.0. The van der Waals surface area contributed by atoms with E-state index in [-0.39, 0.29) is 25.7 Å². The largest absolute Gasteiger partial charge is 0.361 e. The maximum atomic E-state index is 13.1. The molecule has 4 rings (SSSR count). The van der Waals surface area contributed by atoms with Gasteiger partial charge in [-0.3, -0.25) is 9.78 Å². The van der Waals surface area contributed by atoms with E-state index in [1.807, 2.05) is 11.1 Å². The maximum Gasteiger partial charge on any atom is 0.326 e. The van der Waals surface area contributed by atoms with Crippen LogP contribution in [0.4, 0.5) is 0 Å². The highest BCUT2D eigenvalue weighted by atomic mass is 35.5. The normalized spacial score (nSPS) is 12.0. The highest BCUT2D eigenvalue weighted by Gasteiger charge is 2.23.